The maximum atomic E-state index is 12.5. The van der Waals surface area contributed by atoms with E-state index in [2.05, 4.69) is 10.1 Å². The van der Waals surface area contributed by atoms with Crippen LogP contribution in [0.15, 0.2) is 66.2 Å². The molecule has 0 atom stereocenters. The third-order valence-corrected chi connectivity index (χ3v) is 4.62. The fraction of sp³-hybridized carbons (Fsp3) is 0. The first-order chi connectivity index (χ1) is 12.6. The lowest BCUT2D eigenvalue weighted by molar-refractivity contribution is 0.103. The smallest absolute Gasteiger partial charge is 0.417 e. The molecule has 8 heteroatoms. The van der Waals surface area contributed by atoms with Crippen LogP contribution < -0.4 is 4.90 Å². The second kappa shape index (κ2) is 6.41. The van der Waals surface area contributed by atoms with E-state index in [4.69, 9.17) is 0 Å². The Morgan fingerprint density at radius 1 is 1.08 bits per heavy atom. The maximum Gasteiger partial charge on any atom is 0.417 e. The highest BCUT2D eigenvalue weighted by atomic mass is 32.1. The summed E-state index contributed by atoms with van der Waals surface area (Å²) in [5, 5.41) is 15.8. The Labute approximate surface area is 151 Å². The zero-order valence-corrected chi connectivity index (χ0v) is 14.1. The number of carboxylic acid groups (broad SMARTS) is 1. The normalized spacial score (nSPS) is 10.8. The minimum absolute atomic E-state index is 0.214. The Morgan fingerprint density at radius 3 is 2.58 bits per heavy atom. The number of benzene rings is 1. The topological polar surface area (TPSA) is 87.8 Å². The summed E-state index contributed by atoms with van der Waals surface area (Å²) in [6.07, 6.45) is 0.329. The first-order valence-corrected chi connectivity index (χ1v) is 8.54. The first kappa shape index (κ1) is 16.0. The Bertz CT molecular complexity index is 1090. The van der Waals surface area contributed by atoms with Crippen LogP contribution in [-0.2, 0) is 0 Å². The van der Waals surface area contributed by atoms with Crippen LogP contribution >= 0.6 is 11.3 Å². The summed E-state index contributed by atoms with van der Waals surface area (Å²) in [7, 11) is 0. The van der Waals surface area contributed by atoms with Gasteiger partial charge in [0.25, 0.3) is 0 Å². The van der Waals surface area contributed by atoms with Gasteiger partial charge in [-0.05, 0) is 23.6 Å². The number of rotatable bonds is 4. The van der Waals surface area contributed by atoms with Gasteiger partial charge in [0.2, 0.25) is 5.78 Å². The Kier molecular flexibility index (Phi) is 3.94. The fourth-order valence-corrected chi connectivity index (χ4v) is 3.29. The standard InChI is InChI=1S/C18H12N4O3S/c23-17(14-7-4-10-26-14)13-11-15-19-9-8-16(22(15)20-13)21(18(24)25)12-5-2-1-3-6-12/h1-11H,(H,24,25). The Balaban J connectivity index is 1.85. The van der Waals surface area contributed by atoms with Gasteiger partial charge in [-0.25, -0.2) is 14.7 Å². The van der Waals surface area contributed by atoms with Crippen molar-refractivity contribution in [2.45, 2.75) is 0 Å². The van der Waals surface area contributed by atoms with Crippen LogP contribution in [0.4, 0.5) is 16.3 Å². The number of carbonyl (C=O) groups excluding carboxylic acids is 1. The number of hydrogen-bond donors (Lipinski definition) is 1. The van der Waals surface area contributed by atoms with Crippen molar-refractivity contribution in [3.05, 3.63) is 76.7 Å². The van der Waals surface area contributed by atoms with Crippen LogP contribution in [0, 0.1) is 0 Å². The summed E-state index contributed by atoms with van der Waals surface area (Å²) < 4.78 is 1.36. The van der Waals surface area contributed by atoms with Crippen molar-refractivity contribution in [2.75, 3.05) is 4.90 Å². The van der Waals surface area contributed by atoms with Crippen LogP contribution in [0.25, 0.3) is 5.65 Å². The molecule has 7 nitrogen and oxygen atoms in total. The summed E-state index contributed by atoms with van der Waals surface area (Å²) in [4.78, 5) is 30.3. The zero-order chi connectivity index (χ0) is 18.1. The van der Waals surface area contributed by atoms with Gasteiger partial charge < -0.3 is 5.11 Å². The van der Waals surface area contributed by atoms with Crippen LogP contribution in [0.5, 0.6) is 0 Å². The molecule has 0 aliphatic carbocycles. The highest BCUT2D eigenvalue weighted by molar-refractivity contribution is 7.12. The molecule has 0 saturated carbocycles. The molecule has 1 amide bonds. The number of para-hydroxylation sites is 1. The number of thiophene rings is 1. The molecule has 1 N–H and O–H groups in total. The Hall–Kier alpha value is -3.52. The SMILES string of the molecule is O=C(c1cc2nccc(N(C(=O)O)c3ccccc3)n2n1)c1cccs1. The van der Waals surface area contributed by atoms with E-state index in [-0.39, 0.29) is 17.3 Å². The van der Waals surface area contributed by atoms with Gasteiger partial charge in [-0.15, -0.1) is 11.3 Å². The molecule has 0 aliphatic rings. The summed E-state index contributed by atoms with van der Waals surface area (Å²) in [5.41, 5.74) is 1.07. The predicted octanol–water partition coefficient (Wildman–Crippen LogP) is 3.84. The lowest BCUT2D eigenvalue weighted by Crippen LogP contribution is -2.26. The van der Waals surface area contributed by atoms with Crippen molar-refractivity contribution in [2.24, 2.45) is 0 Å². The van der Waals surface area contributed by atoms with E-state index < -0.39 is 6.09 Å². The average molecular weight is 364 g/mol. The number of fused-ring (bicyclic) bond motifs is 1. The summed E-state index contributed by atoms with van der Waals surface area (Å²) in [6.45, 7) is 0. The van der Waals surface area contributed by atoms with Gasteiger partial charge in [0.15, 0.2) is 5.65 Å². The van der Waals surface area contributed by atoms with Crippen LogP contribution in [0.2, 0.25) is 0 Å². The highest BCUT2D eigenvalue weighted by Gasteiger charge is 2.22. The van der Waals surface area contributed by atoms with Crippen molar-refractivity contribution in [1.82, 2.24) is 14.6 Å². The summed E-state index contributed by atoms with van der Waals surface area (Å²) in [6, 6.07) is 15.3. The van der Waals surface area contributed by atoms with E-state index in [0.717, 1.165) is 4.90 Å². The van der Waals surface area contributed by atoms with Gasteiger partial charge in [0.05, 0.1) is 10.6 Å². The molecule has 1 aromatic carbocycles. The minimum Gasteiger partial charge on any atom is -0.464 e. The molecule has 4 rings (SSSR count). The van der Waals surface area contributed by atoms with Crippen molar-refractivity contribution >= 4 is 40.4 Å². The van der Waals surface area contributed by atoms with Crippen molar-refractivity contribution in [3.8, 4) is 0 Å². The van der Waals surface area contributed by atoms with E-state index in [1.807, 2.05) is 5.38 Å². The quantitative estimate of drug-likeness (QED) is 0.556. The average Bonchev–Trinajstić information content (AvgIpc) is 3.32. The summed E-state index contributed by atoms with van der Waals surface area (Å²) >= 11 is 1.32. The fourth-order valence-electron chi connectivity index (χ4n) is 2.61. The molecule has 0 radical (unpaired) electrons. The number of amides is 1. The second-order valence-electron chi connectivity index (χ2n) is 5.36. The maximum absolute atomic E-state index is 12.5. The first-order valence-electron chi connectivity index (χ1n) is 7.66. The molecule has 26 heavy (non-hydrogen) atoms. The van der Waals surface area contributed by atoms with Crippen LogP contribution in [0.3, 0.4) is 0 Å². The lowest BCUT2D eigenvalue weighted by Gasteiger charge is -2.19. The number of aromatic nitrogens is 3. The van der Waals surface area contributed by atoms with Crippen molar-refractivity contribution in [3.63, 3.8) is 0 Å². The monoisotopic (exact) mass is 364 g/mol. The van der Waals surface area contributed by atoms with Crippen LogP contribution in [-0.4, -0.2) is 31.6 Å². The Morgan fingerprint density at radius 2 is 1.88 bits per heavy atom. The third-order valence-electron chi connectivity index (χ3n) is 3.75. The molecule has 3 aromatic heterocycles. The number of anilines is 2. The van der Waals surface area contributed by atoms with Gasteiger partial charge in [-0.3, -0.25) is 4.79 Å². The van der Waals surface area contributed by atoms with Gasteiger partial charge in [-0.2, -0.15) is 9.61 Å². The molecule has 0 bridgehead atoms. The highest BCUT2D eigenvalue weighted by Crippen LogP contribution is 2.26. The van der Waals surface area contributed by atoms with Gasteiger partial charge in [0.1, 0.15) is 11.5 Å². The lowest BCUT2D eigenvalue weighted by atomic mass is 10.2. The molecule has 0 saturated heterocycles. The van der Waals surface area contributed by atoms with E-state index in [0.29, 0.717) is 16.2 Å². The largest absolute Gasteiger partial charge is 0.464 e. The summed E-state index contributed by atoms with van der Waals surface area (Å²) in [5.74, 6) is 0.0527. The van der Waals surface area contributed by atoms with E-state index in [9.17, 15) is 14.7 Å². The van der Waals surface area contributed by atoms with E-state index in [1.54, 1.807) is 54.6 Å². The molecule has 3 heterocycles. The third kappa shape index (κ3) is 2.72. The molecular weight excluding hydrogens is 352 g/mol. The molecule has 0 aliphatic heterocycles. The number of ketones is 1. The molecular formula is C18H12N4O3S. The van der Waals surface area contributed by atoms with E-state index in [1.165, 1.54) is 22.0 Å². The molecule has 128 valence electrons. The molecule has 0 spiro atoms. The van der Waals surface area contributed by atoms with Crippen LogP contribution in [0.1, 0.15) is 15.4 Å². The van der Waals surface area contributed by atoms with Crippen molar-refractivity contribution < 1.29 is 14.7 Å². The number of carbonyl (C=O) groups is 2. The molecule has 0 unspecified atom stereocenters. The van der Waals surface area contributed by atoms with Gasteiger partial charge in [-0.1, -0.05) is 24.3 Å². The van der Waals surface area contributed by atoms with Crippen molar-refractivity contribution in [1.29, 1.82) is 0 Å². The minimum atomic E-state index is -1.16. The number of nitrogens with zero attached hydrogens (tertiary/aromatic N) is 4. The molecule has 4 aromatic rings. The second-order valence-corrected chi connectivity index (χ2v) is 6.31. The van der Waals surface area contributed by atoms with E-state index >= 15 is 0 Å². The predicted molar refractivity (Wildman–Crippen MR) is 97.3 cm³/mol. The van der Waals surface area contributed by atoms with Gasteiger partial charge >= 0.3 is 6.09 Å². The van der Waals surface area contributed by atoms with Gasteiger partial charge in [0, 0.05) is 18.3 Å². The molecule has 0 fully saturated rings. The number of hydrogen-bond acceptors (Lipinski definition) is 5. The zero-order valence-electron chi connectivity index (χ0n) is 13.3.